The zero-order valence-electron chi connectivity index (χ0n) is 13.1. The molecule has 0 radical (unpaired) electrons. The highest BCUT2D eigenvalue weighted by Gasteiger charge is 2.30. The molecular formula is C15H28N2O3. The molecule has 5 heteroatoms. The SMILES string of the molecule is CC(C)C[C@@H](NC(=O)N(C)C1CCCCC1C)C(=O)O. The summed E-state index contributed by atoms with van der Waals surface area (Å²) in [6.45, 7) is 6.07. The molecule has 1 saturated carbocycles. The van der Waals surface area contributed by atoms with Crippen LogP contribution in [0.4, 0.5) is 4.79 Å². The molecular weight excluding hydrogens is 256 g/mol. The highest BCUT2D eigenvalue weighted by Crippen LogP contribution is 2.27. The van der Waals surface area contributed by atoms with Crippen molar-refractivity contribution in [2.24, 2.45) is 11.8 Å². The Morgan fingerprint density at radius 2 is 1.90 bits per heavy atom. The number of rotatable bonds is 5. The van der Waals surface area contributed by atoms with Crippen molar-refractivity contribution in [1.29, 1.82) is 0 Å². The number of hydrogen-bond donors (Lipinski definition) is 2. The molecule has 2 amide bonds. The molecule has 1 rings (SSSR count). The molecule has 2 N–H and O–H groups in total. The summed E-state index contributed by atoms with van der Waals surface area (Å²) in [5.74, 6) is -0.250. The van der Waals surface area contributed by atoms with Gasteiger partial charge < -0.3 is 15.3 Å². The third-order valence-corrected chi connectivity index (χ3v) is 4.19. The Morgan fingerprint density at radius 3 is 2.40 bits per heavy atom. The topological polar surface area (TPSA) is 69.6 Å². The third kappa shape index (κ3) is 4.69. The molecule has 1 fully saturated rings. The van der Waals surface area contributed by atoms with Crippen molar-refractivity contribution in [1.82, 2.24) is 10.2 Å². The summed E-state index contributed by atoms with van der Waals surface area (Å²) in [6, 6.07) is -0.849. The summed E-state index contributed by atoms with van der Waals surface area (Å²) in [5, 5.41) is 11.8. The third-order valence-electron chi connectivity index (χ3n) is 4.19. The zero-order valence-corrected chi connectivity index (χ0v) is 13.1. The monoisotopic (exact) mass is 284 g/mol. The van der Waals surface area contributed by atoms with Gasteiger partial charge in [0.15, 0.2) is 0 Å². The summed E-state index contributed by atoms with van der Waals surface area (Å²) in [4.78, 5) is 25.1. The minimum atomic E-state index is -0.961. The van der Waals surface area contributed by atoms with E-state index in [1.54, 1.807) is 11.9 Å². The molecule has 1 aliphatic rings. The summed E-state index contributed by atoms with van der Waals surface area (Å²) in [5.41, 5.74) is 0. The Kier molecular flexibility index (Phi) is 6.30. The Bertz CT molecular complexity index is 344. The molecule has 1 aliphatic carbocycles. The van der Waals surface area contributed by atoms with Gasteiger partial charge in [0, 0.05) is 13.1 Å². The maximum Gasteiger partial charge on any atom is 0.326 e. The number of carboxylic acid groups (broad SMARTS) is 1. The minimum Gasteiger partial charge on any atom is -0.480 e. The molecule has 0 aromatic heterocycles. The Hall–Kier alpha value is -1.26. The van der Waals surface area contributed by atoms with E-state index in [1.807, 2.05) is 13.8 Å². The van der Waals surface area contributed by atoms with Crippen LogP contribution in [0.15, 0.2) is 0 Å². The summed E-state index contributed by atoms with van der Waals surface area (Å²) < 4.78 is 0. The van der Waals surface area contributed by atoms with Crippen molar-refractivity contribution in [2.45, 2.75) is 65.0 Å². The molecule has 116 valence electrons. The number of amides is 2. The quantitative estimate of drug-likeness (QED) is 0.815. The van der Waals surface area contributed by atoms with Crippen LogP contribution in [-0.2, 0) is 4.79 Å². The van der Waals surface area contributed by atoms with E-state index in [2.05, 4.69) is 12.2 Å². The number of urea groups is 1. The number of hydrogen-bond acceptors (Lipinski definition) is 2. The van der Waals surface area contributed by atoms with Crippen molar-refractivity contribution in [3.8, 4) is 0 Å². The standard InChI is InChI=1S/C15H28N2O3/c1-10(2)9-12(14(18)19)16-15(20)17(4)13-8-6-5-7-11(13)3/h10-13H,5-9H2,1-4H3,(H,16,20)(H,18,19)/t11?,12-,13?/m1/s1. The molecule has 0 aromatic carbocycles. The molecule has 5 nitrogen and oxygen atoms in total. The predicted molar refractivity (Wildman–Crippen MR) is 78.6 cm³/mol. The summed E-state index contributed by atoms with van der Waals surface area (Å²) in [7, 11) is 1.77. The van der Waals surface area contributed by atoms with Gasteiger partial charge in [0.05, 0.1) is 0 Å². The lowest BCUT2D eigenvalue weighted by Crippen LogP contribution is -2.52. The second-order valence-electron chi connectivity index (χ2n) is 6.41. The fourth-order valence-corrected chi connectivity index (χ4v) is 2.97. The number of nitrogens with one attached hydrogen (secondary N) is 1. The van der Waals surface area contributed by atoms with E-state index in [-0.39, 0.29) is 18.0 Å². The fraction of sp³-hybridized carbons (Fsp3) is 0.867. The van der Waals surface area contributed by atoms with Crippen molar-refractivity contribution in [3.63, 3.8) is 0 Å². The molecule has 0 saturated heterocycles. The average molecular weight is 284 g/mol. The van der Waals surface area contributed by atoms with Crippen LogP contribution in [0, 0.1) is 11.8 Å². The van der Waals surface area contributed by atoms with E-state index in [9.17, 15) is 14.7 Å². The Labute approximate surface area is 121 Å². The van der Waals surface area contributed by atoms with Crippen LogP contribution < -0.4 is 5.32 Å². The highest BCUT2D eigenvalue weighted by atomic mass is 16.4. The Balaban J connectivity index is 2.60. The number of carbonyl (C=O) groups is 2. The van der Waals surface area contributed by atoms with Crippen LogP contribution in [0.2, 0.25) is 0 Å². The van der Waals surface area contributed by atoms with Crippen LogP contribution in [0.3, 0.4) is 0 Å². The average Bonchev–Trinajstić information content (AvgIpc) is 2.37. The van der Waals surface area contributed by atoms with E-state index >= 15 is 0 Å². The van der Waals surface area contributed by atoms with Crippen LogP contribution in [0.5, 0.6) is 0 Å². The molecule has 0 aliphatic heterocycles. The van der Waals surface area contributed by atoms with Gasteiger partial charge in [-0.15, -0.1) is 0 Å². The van der Waals surface area contributed by atoms with E-state index < -0.39 is 12.0 Å². The Morgan fingerprint density at radius 1 is 1.30 bits per heavy atom. The van der Waals surface area contributed by atoms with E-state index in [1.165, 1.54) is 6.42 Å². The van der Waals surface area contributed by atoms with Gasteiger partial charge in [-0.05, 0) is 31.1 Å². The highest BCUT2D eigenvalue weighted by molar-refractivity contribution is 5.82. The minimum absolute atomic E-state index is 0.220. The normalized spacial score (nSPS) is 24.2. The van der Waals surface area contributed by atoms with Gasteiger partial charge in [-0.3, -0.25) is 0 Å². The van der Waals surface area contributed by atoms with E-state index in [0.29, 0.717) is 12.3 Å². The van der Waals surface area contributed by atoms with Gasteiger partial charge in [0.2, 0.25) is 0 Å². The zero-order chi connectivity index (χ0) is 15.3. The maximum absolute atomic E-state index is 12.2. The summed E-state index contributed by atoms with van der Waals surface area (Å²) >= 11 is 0. The van der Waals surface area contributed by atoms with Crippen LogP contribution in [-0.4, -0.2) is 41.1 Å². The molecule has 0 bridgehead atoms. The van der Waals surface area contributed by atoms with Crippen molar-refractivity contribution >= 4 is 12.0 Å². The molecule has 0 spiro atoms. The second kappa shape index (κ2) is 7.50. The lowest BCUT2D eigenvalue weighted by molar-refractivity contribution is -0.139. The van der Waals surface area contributed by atoms with Crippen LogP contribution in [0.1, 0.15) is 52.9 Å². The lowest BCUT2D eigenvalue weighted by Gasteiger charge is -2.36. The molecule has 0 aromatic rings. The number of carboxylic acids is 1. The number of carbonyl (C=O) groups excluding carboxylic acids is 1. The first kappa shape index (κ1) is 16.8. The maximum atomic E-state index is 12.2. The first-order chi connectivity index (χ1) is 9.32. The predicted octanol–water partition coefficient (Wildman–Crippen LogP) is 2.71. The van der Waals surface area contributed by atoms with E-state index in [0.717, 1.165) is 19.3 Å². The van der Waals surface area contributed by atoms with Crippen molar-refractivity contribution < 1.29 is 14.7 Å². The summed E-state index contributed by atoms with van der Waals surface area (Å²) in [6.07, 6.45) is 4.96. The first-order valence-corrected chi connectivity index (χ1v) is 7.59. The van der Waals surface area contributed by atoms with Crippen LogP contribution >= 0.6 is 0 Å². The van der Waals surface area contributed by atoms with Gasteiger partial charge in [-0.25, -0.2) is 9.59 Å². The lowest BCUT2D eigenvalue weighted by atomic mass is 9.85. The second-order valence-corrected chi connectivity index (χ2v) is 6.41. The molecule has 2 unspecified atom stereocenters. The number of aliphatic carboxylic acids is 1. The smallest absolute Gasteiger partial charge is 0.326 e. The van der Waals surface area contributed by atoms with Crippen molar-refractivity contribution in [2.75, 3.05) is 7.05 Å². The first-order valence-electron chi connectivity index (χ1n) is 7.59. The van der Waals surface area contributed by atoms with Gasteiger partial charge >= 0.3 is 12.0 Å². The van der Waals surface area contributed by atoms with Gasteiger partial charge in [-0.1, -0.05) is 33.6 Å². The van der Waals surface area contributed by atoms with Gasteiger partial charge in [-0.2, -0.15) is 0 Å². The molecule has 20 heavy (non-hydrogen) atoms. The molecule has 0 heterocycles. The van der Waals surface area contributed by atoms with Gasteiger partial charge in [0.1, 0.15) is 6.04 Å². The largest absolute Gasteiger partial charge is 0.480 e. The number of nitrogens with zero attached hydrogens (tertiary/aromatic N) is 1. The molecule has 3 atom stereocenters. The fourth-order valence-electron chi connectivity index (χ4n) is 2.97. The van der Waals surface area contributed by atoms with Crippen molar-refractivity contribution in [3.05, 3.63) is 0 Å². The van der Waals surface area contributed by atoms with Gasteiger partial charge in [0.25, 0.3) is 0 Å². The van der Waals surface area contributed by atoms with E-state index in [4.69, 9.17) is 0 Å². The van der Waals surface area contributed by atoms with Crippen LogP contribution in [0.25, 0.3) is 0 Å².